The van der Waals surface area contributed by atoms with Crippen LogP contribution in [0.2, 0.25) is 5.02 Å². The number of nitrogens with one attached hydrogen (secondary N) is 1. The van der Waals surface area contributed by atoms with Crippen molar-refractivity contribution in [3.8, 4) is 11.5 Å². The molecule has 1 rings (SSSR count). The standard InChI is InChI=1S/C14H22ClN3O3/c1-4-18(5-2)7-6-17-14(20)9-8-10(15)11(16)12(19)13(9)21-3/h8,19H,4-7,16H2,1-3H3,(H,17,20). The van der Waals surface area contributed by atoms with Crippen LogP contribution in [0, 0.1) is 0 Å². The number of rotatable bonds is 7. The van der Waals surface area contributed by atoms with Gasteiger partial charge in [-0.25, -0.2) is 0 Å². The normalized spacial score (nSPS) is 10.7. The van der Waals surface area contributed by atoms with Gasteiger partial charge < -0.3 is 25.8 Å². The summed E-state index contributed by atoms with van der Waals surface area (Å²) in [7, 11) is 1.36. The second kappa shape index (κ2) is 7.95. The van der Waals surface area contributed by atoms with Crippen LogP contribution in [0.3, 0.4) is 0 Å². The zero-order chi connectivity index (χ0) is 16.0. The summed E-state index contributed by atoms with van der Waals surface area (Å²) < 4.78 is 5.04. The molecule has 0 aliphatic heterocycles. The number of nitrogen functional groups attached to an aromatic ring is 1. The van der Waals surface area contributed by atoms with Gasteiger partial charge in [0.15, 0.2) is 11.5 Å². The fourth-order valence-corrected chi connectivity index (χ4v) is 2.17. The number of halogens is 1. The highest BCUT2D eigenvalue weighted by Gasteiger charge is 2.20. The molecule has 0 saturated heterocycles. The van der Waals surface area contributed by atoms with Gasteiger partial charge in [-0.05, 0) is 19.2 Å². The number of carbonyl (C=O) groups is 1. The summed E-state index contributed by atoms with van der Waals surface area (Å²) in [5, 5.41) is 12.8. The van der Waals surface area contributed by atoms with Gasteiger partial charge in [0, 0.05) is 13.1 Å². The van der Waals surface area contributed by atoms with Crippen LogP contribution in [0.25, 0.3) is 0 Å². The summed E-state index contributed by atoms with van der Waals surface area (Å²) >= 11 is 5.89. The minimum Gasteiger partial charge on any atom is -0.503 e. The number of likely N-dealkylation sites (N-methyl/N-ethyl adjacent to an activating group) is 1. The molecule has 0 atom stereocenters. The Bertz CT molecular complexity index is 505. The highest BCUT2D eigenvalue weighted by atomic mass is 35.5. The number of aromatic hydroxyl groups is 1. The van der Waals surface area contributed by atoms with Crippen molar-refractivity contribution in [3.63, 3.8) is 0 Å². The Morgan fingerprint density at radius 3 is 2.62 bits per heavy atom. The van der Waals surface area contributed by atoms with Crippen molar-refractivity contribution in [1.29, 1.82) is 0 Å². The lowest BCUT2D eigenvalue weighted by Crippen LogP contribution is -2.34. The summed E-state index contributed by atoms with van der Waals surface area (Å²) in [6.07, 6.45) is 0. The summed E-state index contributed by atoms with van der Waals surface area (Å²) in [5.74, 6) is -0.660. The Morgan fingerprint density at radius 1 is 1.48 bits per heavy atom. The molecule has 7 heteroatoms. The fourth-order valence-electron chi connectivity index (χ4n) is 1.97. The molecule has 0 spiro atoms. The van der Waals surface area contributed by atoms with Crippen LogP contribution in [0.15, 0.2) is 6.07 Å². The van der Waals surface area contributed by atoms with E-state index < -0.39 is 0 Å². The van der Waals surface area contributed by atoms with Crippen LogP contribution in [0.5, 0.6) is 11.5 Å². The van der Waals surface area contributed by atoms with Gasteiger partial charge in [0.1, 0.15) is 0 Å². The fraction of sp³-hybridized carbons (Fsp3) is 0.500. The van der Waals surface area contributed by atoms with Gasteiger partial charge in [0.2, 0.25) is 0 Å². The highest BCUT2D eigenvalue weighted by Crippen LogP contribution is 2.40. The third-order valence-corrected chi connectivity index (χ3v) is 3.61. The quantitative estimate of drug-likeness (QED) is 0.526. The molecule has 1 aromatic rings. The number of nitrogens with two attached hydrogens (primary N) is 1. The van der Waals surface area contributed by atoms with Crippen molar-refractivity contribution < 1.29 is 14.6 Å². The van der Waals surface area contributed by atoms with Crippen LogP contribution in [0.1, 0.15) is 24.2 Å². The number of anilines is 1. The molecule has 118 valence electrons. The lowest BCUT2D eigenvalue weighted by atomic mass is 10.1. The Hall–Kier alpha value is -1.66. The Kier molecular flexibility index (Phi) is 6.58. The number of benzene rings is 1. The van der Waals surface area contributed by atoms with E-state index in [0.29, 0.717) is 6.54 Å². The number of ether oxygens (including phenoxy) is 1. The van der Waals surface area contributed by atoms with E-state index in [1.807, 2.05) is 0 Å². The third kappa shape index (κ3) is 4.15. The van der Waals surface area contributed by atoms with E-state index >= 15 is 0 Å². The number of carbonyl (C=O) groups excluding carboxylic acids is 1. The number of methoxy groups -OCH3 is 1. The predicted molar refractivity (Wildman–Crippen MR) is 84.2 cm³/mol. The molecular weight excluding hydrogens is 294 g/mol. The van der Waals surface area contributed by atoms with Crippen molar-refractivity contribution in [2.24, 2.45) is 0 Å². The second-order valence-corrected chi connectivity index (χ2v) is 4.89. The maximum Gasteiger partial charge on any atom is 0.255 e. The predicted octanol–water partition coefficient (Wildman–Crippen LogP) is 1.71. The van der Waals surface area contributed by atoms with Gasteiger partial charge in [-0.3, -0.25) is 4.79 Å². The number of hydrogen-bond donors (Lipinski definition) is 3. The average molecular weight is 316 g/mol. The molecule has 0 saturated carbocycles. The summed E-state index contributed by atoms with van der Waals surface area (Å²) in [6.45, 7) is 7.20. The van der Waals surface area contributed by atoms with E-state index in [1.54, 1.807) is 0 Å². The number of phenols is 1. The third-order valence-electron chi connectivity index (χ3n) is 3.30. The van der Waals surface area contributed by atoms with E-state index in [2.05, 4.69) is 24.1 Å². The van der Waals surface area contributed by atoms with Crippen molar-refractivity contribution >= 4 is 23.2 Å². The van der Waals surface area contributed by atoms with Gasteiger partial charge in [0.05, 0.1) is 23.4 Å². The maximum atomic E-state index is 12.2. The number of amides is 1. The first-order valence-electron chi connectivity index (χ1n) is 6.81. The average Bonchev–Trinajstić information content (AvgIpc) is 2.48. The molecule has 21 heavy (non-hydrogen) atoms. The van der Waals surface area contributed by atoms with E-state index in [1.165, 1.54) is 13.2 Å². The first-order valence-corrected chi connectivity index (χ1v) is 7.19. The molecule has 6 nitrogen and oxygen atoms in total. The van der Waals surface area contributed by atoms with E-state index in [-0.39, 0.29) is 33.7 Å². The summed E-state index contributed by atoms with van der Waals surface area (Å²) in [4.78, 5) is 14.4. The maximum absolute atomic E-state index is 12.2. The molecule has 0 unspecified atom stereocenters. The van der Waals surface area contributed by atoms with Crippen molar-refractivity contribution in [2.75, 3.05) is 39.0 Å². The Labute approximate surface area is 129 Å². The molecule has 0 aromatic heterocycles. The smallest absolute Gasteiger partial charge is 0.255 e. The highest BCUT2D eigenvalue weighted by molar-refractivity contribution is 6.34. The van der Waals surface area contributed by atoms with Crippen LogP contribution in [0.4, 0.5) is 5.69 Å². The molecule has 1 aromatic carbocycles. The van der Waals surface area contributed by atoms with Gasteiger partial charge in [0.25, 0.3) is 5.91 Å². The summed E-state index contributed by atoms with van der Waals surface area (Å²) in [6, 6.07) is 1.39. The molecule has 1 amide bonds. The van der Waals surface area contributed by atoms with Crippen LogP contribution < -0.4 is 15.8 Å². The topological polar surface area (TPSA) is 87.8 Å². The van der Waals surface area contributed by atoms with Crippen molar-refractivity contribution in [1.82, 2.24) is 10.2 Å². The molecule has 4 N–H and O–H groups in total. The lowest BCUT2D eigenvalue weighted by Gasteiger charge is -2.18. The SMILES string of the molecule is CCN(CC)CCNC(=O)c1cc(Cl)c(N)c(O)c1OC. The lowest BCUT2D eigenvalue weighted by molar-refractivity contribution is 0.0945. The molecule has 0 bridgehead atoms. The zero-order valence-electron chi connectivity index (χ0n) is 12.6. The zero-order valence-corrected chi connectivity index (χ0v) is 13.3. The van der Waals surface area contributed by atoms with Crippen LogP contribution >= 0.6 is 11.6 Å². The number of hydrogen-bond acceptors (Lipinski definition) is 5. The monoisotopic (exact) mass is 315 g/mol. The van der Waals surface area contributed by atoms with Gasteiger partial charge >= 0.3 is 0 Å². The van der Waals surface area contributed by atoms with E-state index in [4.69, 9.17) is 22.1 Å². The Balaban J connectivity index is 2.83. The minimum absolute atomic E-state index is 0.00629. The van der Waals surface area contributed by atoms with Crippen LogP contribution in [-0.2, 0) is 0 Å². The van der Waals surface area contributed by atoms with E-state index in [0.717, 1.165) is 19.6 Å². The van der Waals surface area contributed by atoms with Crippen molar-refractivity contribution in [2.45, 2.75) is 13.8 Å². The molecule has 0 aliphatic carbocycles. The van der Waals surface area contributed by atoms with Gasteiger partial charge in [-0.15, -0.1) is 0 Å². The molecule has 0 fully saturated rings. The van der Waals surface area contributed by atoms with Crippen LogP contribution in [-0.4, -0.2) is 49.2 Å². The molecular formula is C14H22ClN3O3. The first kappa shape index (κ1) is 17.4. The summed E-state index contributed by atoms with van der Waals surface area (Å²) in [5.41, 5.74) is 5.76. The van der Waals surface area contributed by atoms with Gasteiger partial charge in [-0.2, -0.15) is 0 Å². The molecule has 0 aliphatic rings. The first-order chi connectivity index (χ1) is 9.96. The number of nitrogens with zero attached hydrogens (tertiary/aromatic N) is 1. The molecule has 0 radical (unpaired) electrons. The van der Waals surface area contributed by atoms with Crippen molar-refractivity contribution in [3.05, 3.63) is 16.7 Å². The molecule has 0 heterocycles. The van der Waals surface area contributed by atoms with Gasteiger partial charge in [-0.1, -0.05) is 25.4 Å². The van der Waals surface area contributed by atoms with E-state index in [9.17, 15) is 9.90 Å². The number of phenolic OH excluding ortho intramolecular Hbond substituents is 1. The largest absolute Gasteiger partial charge is 0.503 e. The second-order valence-electron chi connectivity index (χ2n) is 4.48. The minimum atomic E-state index is -0.365. The Morgan fingerprint density at radius 2 is 2.10 bits per heavy atom.